The number of carbonyl (C=O) groups is 1. The molecule has 23 heavy (non-hydrogen) atoms. The molecule has 2 rings (SSSR count). The summed E-state index contributed by atoms with van der Waals surface area (Å²) in [5.74, 6) is -1.40. The summed E-state index contributed by atoms with van der Waals surface area (Å²) in [5, 5.41) is 11.3. The number of rotatable bonds is 5. The van der Waals surface area contributed by atoms with Crippen LogP contribution in [0.15, 0.2) is 53.4 Å². The van der Waals surface area contributed by atoms with E-state index in [-0.39, 0.29) is 17.1 Å². The van der Waals surface area contributed by atoms with Gasteiger partial charge in [-0.05, 0) is 42.5 Å². The maximum Gasteiger partial charge on any atom is 0.225 e. The van der Waals surface area contributed by atoms with Crippen LogP contribution in [0.2, 0.25) is 0 Å². The monoisotopic (exact) mass is 332 g/mol. The Hall–Kier alpha value is -2.72. The van der Waals surface area contributed by atoms with Gasteiger partial charge in [0.15, 0.2) is 9.84 Å². The molecule has 2 aromatic carbocycles. The van der Waals surface area contributed by atoms with E-state index >= 15 is 0 Å². The highest BCUT2D eigenvalue weighted by Crippen LogP contribution is 2.14. The normalized spacial score (nSPS) is 10.8. The lowest BCUT2D eigenvalue weighted by molar-refractivity contribution is -0.115. The van der Waals surface area contributed by atoms with Crippen LogP contribution in [-0.4, -0.2) is 20.1 Å². The molecule has 2 aromatic rings. The summed E-state index contributed by atoms with van der Waals surface area (Å²) < 4.78 is 36.9. The van der Waals surface area contributed by atoms with Crippen molar-refractivity contribution in [3.8, 4) is 6.07 Å². The molecule has 5 nitrogen and oxygen atoms in total. The molecule has 1 N–H and O–H groups in total. The SMILES string of the molecule is N#Cc1cccc(NC(=O)CCS(=O)(=O)c2ccc(F)cc2)c1. The summed E-state index contributed by atoms with van der Waals surface area (Å²) >= 11 is 0. The average Bonchev–Trinajstić information content (AvgIpc) is 2.54. The molecule has 1 amide bonds. The molecule has 7 heteroatoms. The van der Waals surface area contributed by atoms with E-state index in [1.165, 1.54) is 18.2 Å². The smallest absolute Gasteiger partial charge is 0.225 e. The molecule has 0 spiro atoms. The zero-order valence-corrected chi connectivity index (χ0v) is 12.8. The second kappa shape index (κ2) is 7.03. The van der Waals surface area contributed by atoms with Crippen molar-refractivity contribution in [3.63, 3.8) is 0 Å². The highest BCUT2D eigenvalue weighted by atomic mass is 32.2. The van der Waals surface area contributed by atoms with Gasteiger partial charge in [-0.3, -0.25) is 4.79 Å². The number of hydrogen-bond donors (Lipinski definition) is 1. The second-order valence-electron chi connectivity index (χ2n) is 4.76. The van der Waals surface area contributed by atoms with Gasteiger partial charge in [0.2, 0.25) is 5.91 Å². The number of anilines is 1. The maximum atomic E-state index is 12.8. The summed E-state index contributed by atoms with van der Waals surface area (Å²) in [4.78, 5) is 11.8. The summed E-state index contributed by atoms with van der Waals surface area (Å²) in [6, 6.07) is 12.7. The first-order valence-corrected chi connectivity index (χ1v) is 8.34. The number of nitriles is 1. The van der Waals surface area contributed by atoms with Gasteiger partial charge in [0.05, 0.1) is 22.3 Å². The van der Waals surface area contributed by atoms with Gasteiger partial charge in [-0.1, -0.05) is 6.07 Å². The van der Waals surface area contributed by atoms with Crippen molar-refractivity contribution in [3.05, 3.63) is 59.9 Å². The Balaban J connectivity index is 1.98. The fraction of sp³-hybridized carbons (Fsp3) is 0.125. The van der Waals surface area contributed by atoms with Crippen LogP contribution in [0.1, 0.15) is 12.0 Å². The minimum absolute atomic E-state index is 0.0295. The minimum Gasteiger partial charge on any atom is -0.326 e. The zero-order chi connectivity index (χ0) is 16.9. The van der Waals surface area contributed by atoms with Crippen molar-refractivity contribution in [2.75, 3.05) is 11.1 Å². The minimum atomic E-state index is -3.66. The van der Waals surface area contributed by atoms with Crippen molar-refractivity contribution < 1.29 is 17.6 Å². The number of sulfone groups is 1. The molecule has 118 valence electrons. The van der Waals surface area contributed by atoms with Crippen molar-refractivity contribution in [1.29, 1.82) is 5.26 Å². The van der Waals surface area contributed by atoms with Gasteiger partial charge in [0.1, 0.15) is 5.82 Å². The van der Waals surface area contributed by atoms with Gasteiger partial charge in [0.25, 0.3) is 0 Å². The Morgan fingerprint density at radius 1 is 1.17 bits per heavy atom. The molecule has 0 heterocycles. The number of halogens is 1. The molecule has 0 radical (unpaired) electrons. The topological polar surface area (TPSA) is 87.0 Å². The summed E-state index contributed by atoms with van der Waals surface area (Å²) in [6.45, 7) is 0. The summed E-state index contributed by atoms with van der Waals surface area (Å²) in [7, 11) is -3.66. The Bertz CT molecular complexity index is 856. The zero-order valence-electron chi connectivity index (χ0n) is 12.0. The highest BCUT2D eigenvalue weighted by Gasteiger charge is 2.16. The Morgan fingerprint density at radius 2 is 1.87 bits per heavy atom. The average molecular weight is 332 g/mol. The number of amides is 1. The second-order valence-corrected chi connectivity index (χ2v) is 6.87. The molecule has 0 aromatic heterocycles. The van der Waals surface area contributed by atoms with Crippen LogP contribution in [0.3, 0.4) is 0 Å². The molecule has 0 aliphatic rings. The van der Waals surface area contributed by atoms with E-state index in [0.717, 1.165) is 12.1 Å². The van der Waals surface area contributed by atoms with Crippen LogP contribution in [-0.2, 0) is 14.6 Å². The van der Waals surface area contributed by atoms with Crippen LogP contribution in [0.5, 0.6) is 0 Å². The first kappa shape index (κ1) is 16.6. The van der Waals surface area contributed by atoms with Crippen LogP contribution in [0.25, 0.3) is 0 Å². The van der Waals surface area contributed by atoms with Crippen molar-refractivity contribution in [1.82, 2.24) is 0 Å². The molecule has 0 saturated heterocycles. The fourth-order valence-electron chi connectivity index (χ4n) is 1.88. The van der Waals surface area contributed by atoms with Crippen LogP contribution >= 0.6 is 0 Å². The maximum absolute atomic E-state index is 12.8. The van der Waals surface area contributed by atoms with E-state index in [9.17, 15) is 17.6 Å². The van der Waals surface area contributed by atoms with E-state index in [0.29, 0.717) is 11.3 Å². The first-order valence-electron chi connectivity index (χ1n) is 6.69. The van der Waals surface area contributed by atoms with E-state index in [2.05, 4.69) is 5.32 Å². The third-order valence-electron chi connectivity index (χ3n) is 3.05. The Kier molecular flexibility index (Phi) is 5.09. The quantitative estimate of drug-likeness (QED) is 0.852. The molecular weight excluding hydrogens is 319 g/mol. The molecular formula is C16H13FN2O3S. The highest BCUT2D eigenvalue weighted by molar-refractivity contribution is 7.91. The largest absolute Gasteiger partial charge is 0.326 e. The van der Waals surface area contributed by atoms with Crippen molar-refractivity contribution >= 4 is 21.4 Å². The number of benzene rings is 2. The predicted molar refractivity (Wildman–Crippen MR) is 82.9 cm³/mol. The lowest BCUT2D eigenvalue weighted by atomic mass is 10.2. The molecule has 0 atom stereocenters. The molecule has 0 unspecified atom stereocenters. The van der Waals surface area contributed by atoms with E-state index in [4.69, 9.17) is 5.26 Å². The summed E-state index contributed by atoms with van der Waals surface area (Å²) in [6.07, 6.45) is -0.240. The first-order chi connectivity index (χ1) is 10.9. The van der Waals surface area contributed by atoms with Gasteiger partial charge < -0.3 is 5.32 Å². The lowest BCUT2D eigenvalue weighted by Crippen LogP contribution is -2.17. The number of hydrogen-bond acceptors (Lipinski definition) is 4. The number of nitrogens with zero attached hydrogens (tertiary/aromatic N) is 1. The molecule has 0 fully saturated rings. The molecule has 0 aliphatic heterocycles. The van der Waals surface area contributed by atoms with Gasteiger partial charge >= 0.3 is 0 Å². The van der Waals surface area contributed by atoms with Crippen molar-refractivity contribution in [2.45, 2.75) is 11.3 Å². The predicted octanol–water partition coefficient (Wildman–Crippen LogP) is 2.50. The van der Waals surface area contributed by atoms with Gasteiger partial charge in [-0.25, -0.2) is 12.8 Å². The third kappa shape index (κ3) is 4.63. The Morgan fingerprint density at radius 3 is 2.52 bits per heavy atom. The van der Waals surface area contributed by atoms with Crippen LogP contribution < -0.4 is 5.32 Å². The molecule has 0 saturated carbocycles. The Labute approximate surface area is 133 Å². The number of nitrogens with one attached hydrogen (secondary N) is 1. The van der Waals surface area contributed by atoms with Gasteiger partial charge in [-0.15, -0.1) is 0 Å². The van der Waals surface area contributed by atoms with Crippen LogP contribution in [0.4, 0.5) is 10.1 Å². The number of carbonyl (C=O) groups excluding carboxylic acids is 1. The van der Waals surface area contributed by atoms with Crippen molar-refractivity contribution in [2.24, 2.45) is 0 Å². The lowest BCUT2D eigenvalue weighted by Gasteiger charge is -2.06. The molecule has 0 bridgehead atoms. The third-order valence-corrected chi connectivity index (χ3v) is 4.78. The van der Waals surface area contributed by atoms with E-state index in [1.807, 2.05) is 6.07 Å². The fourth-order valence-corrected chi connectivity index (χ4v) is 3.12. The molecule has 0 aliphatic carbocycles. The van der Waals surface area contributed by atoms with E-state index < -0.39 is 21.6 Å². The van der Waals surface area contributed by atoms with E-state index in [1.54, 1.807) is 18.2 Å². The van der Waals surface area contributed by atoms with Gasteiger partial charge in [0, 0.05) is 12.1 Å². The van der Waals surface area contributed by atoms with Gasteiger partial charge in [-0.2, -0.15) is 5.26 Å². The van der Waals surface area contributed by atoms with Crippen LogP contribution in [0, 0.1) is 17.1 Å². The summed E-state index contributed by atoms with van der Waals surface area (Å²) in [5.41, 5.74) is 0.815. The standard InChI is InChI=1S/C16H13FN2O3S/c17-13-4-6-15(7-5-13)23(21,22)9-8-16(20)19-14-3-1-2-12(10-14)11-18/h1-7,10H,8-9H2,(H,19,20).